The molecule has 1 aromatic heterocycles. The Kier molecular flexibility index (Phi) is 27.8. The monoisotopic (exact) mass is 1230 g/mol. The van der Waals surface area contributed by atoms with Gasteiger partial charge in [-0.3, -0.25) is 10.2 Å². The van der Waals surface area contributed by atoms with Crippen LogP contribution in [-0.4, -0.2) is 75.1 Å². The van der Waals surface area contributed by atoms with Crippen LogP contribution < -0.4 is 72.1 Å². The smallest absolute Gasteiger partial charge is 0.323 e. The molecule has 5 amide bonds. The van der Waals surface area contributed by atoms with Crippen molar-refractivity contribution in [2.24, 2.45) is 86.0 Å². The number of para-hydroxylation sites is 1. The van der Waals surface area contributed by atoms with Gasteiger partial charge in [0.25, 0.3) is 5.91 Å². The zero-order valence-electron chi connectivity index (χ0n) is 52.2. The Bertz CT molecular complexity index is 3840. The van der Waals surface area contributed by atoms with Gasteiger partial charge in [-0.25, -0.2) is 9.59 Å². The molecule has 7 rings (SSSR count). The maximum Gasteiger partial charge on any atom is 0.323 e. The predicted molar refractivity (Wildman–Crippen MR) is 375 cm³/mol. The standard InChI is InChI=1S/C24H33N9O.C22H29N9O.C19H19N5O/c1-4-6-21(31-30-16(3)25)17-8-12-19(13-9-17)28-24(34)29-20-14-10-18(11-15-20)22(7-5-2)32-33-23(26)27;1-4-5-20(30-31-21(24)25)17-8-12-19(13-9-17)27-22(32)26-18-10-6-16(7-11-18)14(2)28-29-15(3)23;1-12(23-24-13(2)20)14-7-9-15(10-8-14)22-19(25)17-11-21-18-6-4-3-5-16(17)18/h8-15,30H,3-7,25H2,1-2H3,(H4,26,27,33)(H2,28,29,34);6-13H,4-5H2,1-3H3,(H2,23,29)(H4,24,25,31)(H2,26,27,32);3-11,21H,1-2H3,(H2,20,24)(H,22,25)/b;28-14-,30-20-;23-12-. The number of hydrogen-bond donors (Lipinski definition) is 14. The van der Waals surface area contributed by atoms with E-state index in [1.807, 2.05) is 137 Å². The number of nitrogens with one attached hydrogen (secondary N) is 7. The van der Waals surface area contributed by atoms with Crippen molar-refractivity contribution in [3.8, 4) is 0 Å². The van der Waals surface area contributed by atoms with Gasteiger partial charge in [0, 0.05) is 45.5 Å². The molecule has 7 aromatic rings. The maximum absolute atomic E-state index is 12.5. The van der Waals surface area contributed by atoms with Crippen LogP contribution in [0.15, 0.2) is 210 Å². The van der Waals surface area contributed by atoms with Crippen molar-refractivity contribution in [1.82, 2.24) is 10.4 Å². The first-order chi connectivity index (χ1) is 43.6. The third kappa shape index (κ3) is 24.4. The fourth-order valence-corrected chi connectivity index (χ4v) is 8.15. The van der Waals surface area contributed by atoms with Crippen LogP contribution in [0.2, 0.25) is 0 Å². The third-order valence-electron chi connectivity index (χ3n) is 12.5. The number of rotatable bonds is 23. The first-order valence-corrected chi connectivity index (χ1v) is 29.0. The van der Waals surface area contributed by atoms with Crippen LogP contribution in [0.1, 0.15) is 125 Å². The number of hydrogen-bond acceptors (Lipinski definition) is 14. The average molecular weight is 1230 g/mol. The summed E-state index contributed by atoms with van der Waals surface area (Å²) in [6.45, 7) is 16.8. The minimum absolute atomic E-state index is 0.0939. The summed E-state index contributed by atoms with van der Waals surface area (Å²) < 4.78 is 0. The van der Waals surface area contributed by atoms with E-state index in [0.29, 0.717) is 45.7 Å². The predicted octanol–water partition coefficient (Wildman–Crippen LogP) is 10.4. The number of amidine groups is 2. The summed E-state index contributed by atoms with van der Waals surface area (Å²) in [4.78, 5) is 40.4. The number of aromatic amines is 1. The molecule has 0 saturated heterocycles. The van der Waals surface area contributed by atoms with Gasteiger partial charge in [-0.1, -0.05) is 125 Å². The normalized spacial score (nSPS) is 12.0. The minimum Gasteiger partial charge on any atom is -0.386 e. The largest absolute Gasteiger partial charge is 0.386 e. The number of nitrogens with two attached hydrogens (primary N) is 7. The molecule has 26 nitrogen and oxygen atoms in total. The molecule has 0 aliphatic carbocycles. The summed E-state index contributed by atoms with van der Waals surface area (Å²) in [6.07, 6.45) is 6.66. The van der Waals surface area contributed by atoms with E-state index in [-0.39, 0.29) is 35.7 Å². The summed E-state index contributed by atoms with van der Waals surface area (Å²) in [5, 5.41) is 50.8. The number of guanidine groups is 2. The van der Waals surface area contributed by atoms with E-state index in [1.165, 1.54) is 0 Å². The third-order valence-corrected chi connectivity index (χ3v) is 12.5. The number of carbonyl (C=O) groups is 3. The van der Waals surface area contributed by atoms with Crippen molar-refractivity contribution in [3.63, 3.8) is 0 Å². The van der Waals surface area contributed by atoms with E-state index >= 15 is 0 Å². The van der Waals surface area contributed by atoms with Crippen LogP contribution in [0, 0.1) is 0 Å². The molecule has 91 heavy (non-hydrogen) atoms. The van der Waals surface area contributed by atoms with Crippen molar-refractivity contribution in [2.75, 3.05) is 26.6 Å². The van der Waals surface area contributed by atoms with Crippen molar-refractivity contribution in [1.29, 1.82) is 0 Å². The highest BCUT2D eigenvalue weighted by Crippen LogP contribution is 2.22. The first kappa shape index (κ1) is 69.8. The van der Waals surface area contributed by atoms with Gasteiger partial charge >= 0.3 is 12.1 Å². The van der Waals surface area contributed by atoms with Gasteiger partial charge in [-0.2, -0.15) is 25.5 Å². The van der Waals surface area contributed by atoms with E-state index in [4.69, 9.17) is 40.1 Å². The van der Waals surface area contributed by atoms with Gasteiger partial charge in [-0.05, 0) is 142 Å². The molecule has 26 heteroatoms. The van der Waals surface area contributed by atoms with Crippen molar-refractivity contribution >= 4 is 109 Å². The molecule has 474 valence electrons. The van der Waals surface area contributed by atoms with Gasteiger partial charge in [0.2, 0.25) is 11.9 Å². The number of fused-ring (bicyclic) bond motifs is 1. The first-order valence-electron chi connectivity index (χ1n) is 29.0. The van der Waals surface area contributed by atoms with E-state index in [2.05, 4.69) is 96.4 Å². The lowest BCUT2D eigenvalue weighted by Gasteiger charge is -2.11. The number of nitrogens with zero attached hydrogens (tertiary/aromatic N) is 9. The molecule has 6 aromatic carbocycles. The van der Waals surface area contributed by atoms with E-state index in [1.54, 1.807) is 56.4 Å². The number of hydrazone groups is 1. The fourth-order valence-electron chi connectivity index (χ4n) is 8.15. The Morgan fingerprint density at radius 2 is 0.758 bits per heavy atom. The van der Waals surface area contributed by atoms with Crippen molar-refractivity contribution in [2.45, 2.75) is 87.0 Å². The van der Waals surface area contributed by atoms with Gasteiger partial charge in [0.15, 0.2) is 0 Å². The van der Waals surface area contributed by atoms with Gasteiger partial charge in [0.05, 0.1) is 34.1 Å². The molecule has 0 fully saturated rings. The Morgan fingerprint density at radius 3 is 1.11 bits per heavy atom. The molecule has 0 atom stereocenters. The van der Waals surface area contributed by atoms with Crippen LogP contribution in [0.4, 0.5) is 38.0 Å². The molecular formula is C65H81N23O3. The van der Waals surface area contributed by atoms with E-state index in [0.717, 1.165) is 106 Å². The number of H-pyrrole nitrogens is 1. The minimum atomic E-state index is -0.359. The number of urea groups is 2. The van der Waals surface area contributed by atoms with Crippen LogP contribution in [0.25, 0.3) is 10.9 Å². The fraction of sp³-hybridized carbons (Fsp3) is 0.200. The summed E-state index contributed by atoms with van der Waals surface area (Å²) in [5.74, 6) is 0.724. The molecular weight excluding hydrogens is 1150 g/mol. The maximum atomic E-state index is 12.5. The highest BCUT2D eigenvalue weighted by atomic mass is 16.2. The van der Waals surface area contributed by atoms with Gasteiger partial charge < -0.3 is 71.7 Å². The van der Waals surface area contributed by atoms with Crippen molar-refractivity contribution in [3.05, 3.63) is 198 Å². The SMILES string of the molecule is C=C(N)NN=C(CCC)c1ccc(NC(=O)Nc2ccc(C(CCC)=NN=C(N)N)cc2)cc1.CC(N)=N/N=C(/C)c1ccc(NC(=O)c2c[nH]c3ccccc23)cc1.CCC/C(=N/N=C(N)N)c1ccc(NC(=O)Nc2ccc(/C(C)=N\N=C(C)N)cc2)cc1. The molecule has 0 aliphatic heterocycles. The summed E-state index contributed by atoms with van der Waals surface area (Å²) in [6, 6.07) is 43.7. The van der Waals surface area contributed by atoms with E-state index < -0.39 is 0 Å². The molecule has 0 aliphatic rings. The zero-order valence-corrected chi connectivity index (χ0v) is 52.2. The lowest BCUT2D eigenvalue weighted by molar-refractivity contribution is 0.102. The number of anilines is 5. The van der Waals surface area contributed by atoms with Crippen LogP contribution in [-0.2, 0) is 0 Å². The van der Waals surface area contributed by atoms with Crippen LogP contribution in [0.5, 0.6) is 0 Å². The Morgan fingerprint density at radius 1 is 0.418 bits per heavy atom. The molecule has 21 N–H and O–H groups in total. The quantitative estimate of drug-likeness (QED) is 0.0162. The zero-order chi connectivity index (χ0) is 66.2. The second kappa shape index (κ2) is 36.2. The molecule has 0 radical (unpaired) electrons. The average Bonchev–Trinajstić information content (AvgIpc) is 2.34. The molecule has 0 bridgehead atoms. The molecule has 0 unspecified atom stereocenters. The summed E-state index contributed by atoms with van der Waals surface area (Å²) in [7, 11) is 0. The summed E-state index contributed by atoms with van der Waals surface area (Å²) >= 11 is 0. The summed E-state index contributed by atoms with van der Waals surface area (Å²) in [5.41, 5.74) is 53.8. The van der Waals surface area contributed by atoms with Crippen LogP contribution in [0.3, 0.4) is 0 Å². The second-order valence-electron chi connectivity index (χ2n) is 20.2. The van der Waals surface area contributed by atoms with E-state index in [9.17, 15) is 14.4 Å². The highest BCUT2D eigenvalue weighted by molar-refractivity contribution is 6.13. The van der Waals surface area contributed by atoms with Gasteiger partial charge in [0.1, 0.15) is 17.5 Å². The second-order valence-corrected chi connectivity index (χ2v) is 20.2. The Hall–Kier alpha value is -12.0. The van der Waals surface area contributed by atoms with Crippen LogP contribution >= 0.6 is 0 Å². The number of amides is 5. The van der Waals surface area contributed by atoms with Crippen molar-refractivity contribution < 1.29 is 14.4 Å². The number of carbonyl (C=O) groups excluding carboxylic acids is 3. The number of aromatic nitrogens is 1. The highest BCUT2D eigenvalue weighted by Gasteiger charge is 2.14. The Labute approximate surface area is 529 Å². The lowest BCUT2D eigenvalue weighted by atomic mass is 10.1. The molecule has 0 spiro atoms. The molecule has 1 heterocycles. The van der Waals surface area contributed by atoms with Gasteiger partial charge in [-0.15, -0.1) is 20.4 Å². The number of benzene rings is 6. The molecule has 0 saturated carbocycles. The Balaban J connectivity index is 0.000000251. The lowest BCUT2D eigenvalue weighted by Crippen LogP contribution is -2.22. The topological polar surface area (TPSA) is 433 Å².